The monoisotopic (exact) mass is 437 g/mol. The molecule has 1 aliphatic rings. The number of nitrogens with one attached hydrogen (secondary N) is 2. The van der Waals surface area contributed by atoms with Crippen LogP contribution in [0.3, 0.4) is 0 Å². The summed E-state index contributed by atoms with van der Waals surface area (Å²) >= 11 is 6.28. The van der Waals surface area contributed by atoms with Gasteiger partial charge in [0.05, 0.1) is 23.5 Å². The summed E-state index contributed by atoms with van der Waals surface area (Å²) < 4.78 is 14.7. The number of benzene rings is 2. The smallest absolute Gasteiger partial charge is 0.320 e. The summed E-state index contributed by atoms with van der Waals surface area (Å²) in [5, 5.41) is 6.29. The van der Waals surface area contributed by atoms with Crippen molar-refractivity contribution < 1.29 is 9.18 Å². The van der Waals surface area contributed by atoms with Crippen molar-refractivity contribution >= 4 is 29.0 Å². The number of halogens is 2. The van der Waals surface area contributed by atoms with Gasteiger partial charge >= 0.3 is 6.03 Å². The molecule has 2 aromatic carbocycles. The number of urea groups is 1. The van der Waals surface area contributed by atoms with Crippen LogP contribution < -0.4 is 10.9 Å². The summed E-state index contributed by atoms with van der Waals surface area (Å²) in [5.74, 6) is -0.437. The highest BCUT2D eigenvalue weighted by Crippen LogP contribution is 2.27. The minimum Gasteiger partial charge on any atom is -0.320 e. The molecule has 3 heterocycles. The van der Waals surface area contributed by atoms with Gasteiger partial charge in [-0.3, -0.25) is 9.89 Å². The first-order valence-electron chi connectivity index (χ1n) is 9.69. The van der Waals surface area contributed by atoms with Gasteiger partial charge in [-0.25, -0.2) is 18.7 Å². The van der Waals surface area contributed by atoms with Crippen LogP contribution in [0.1, 0.15) is 11.3 Å². The Morgan fingerprint density at radius 2 is 2.00 bits per heavy atom. The molecule has 156 valence electrons. The standard InChI is InChI=1S/C22H17ClFN5O2/c23-17-7-2-1-6-15(17)19-11-20-26-18-8-9-28(12-16(18)21(30)29(20)27-19)22(31)25-14-5-3-4-13(24)10-14/h1-7,10-11,27H,8-9,12H2,(H,25,31). The fourth-order valence-electron chi connectivity index (χ4n) is 3.74. The molecule has 0 bridgehead atoms. The first-order chi connectivity index (χ1) is 15.0. The van der Waals surface area contributed by atoms with E-state index in [2.05, 4.69) is 15.4 Å². The van der Waals surface area contributed by atoms with Crippen molar-refractivity contribution in [3.05, 3.63) is 87.0 Å². The molecular weight excluding hydrogens is 421 g/mol. The van der Waals surface area contributed by atoms with Gasteiger partial charge in [0.15, 0.2) is 5.65 Å². The Bertz CT molecular complexity index is 1380. The van der Waals surface area contributed by atoms with Gasteiger partial charge in [-0.2, -0.15) is 0 Å². The molecule has 0 unspecified atom stereocenters. The zero-order valence-corrected chi connectivity index (χ0v) is 17.0. The maximum atomic E-state index is 13.4. The molecule has 5 rings (SSSR count). The van der Waals surface area contributed by atoms with Gasteiger partial charge in [0.2, 0.25) is 0 Å². The van der Waals surface area contributed by atoms with Crippen LogP contribution in [0, 0.1) is 5.82 Å². The number of hydrogen-bond acceptors (Lipinski definition) is 3. The molecule has 2 amide bonds. The SMILES string of the molecule is O=C(Nc1cccc(F)c1)N1CCc2nc3cc(-c4ccccc4Cl)[nH]n3c(=O)c2C1. The molecule has 0 aliphatic carbocycles. The minimum absolute atomic E-state index is 0.117. The highest BCUT2D eigenvalue weighted by molar-refractivity contribution is 6.33. The molecule has 4 aromatic rings. The maximum Gasteiger partial charge on any atom is 0.322 e. The fraction of sp³-hybridized carbons (Fsp3) is 0.136. The first kappa shape index (κ1) is 19.3. The normalized spacial score (nSPS) is 13.3. The van der Waals surface area contributed by atoms with Gasteiger partial charge in [-0.1, -0.05) is 35.9 Å². The van der Waals surface area contributed by atoms with Crippen LogP contribution in [0.5, 0.6) is 0 Å². The predicted octanol–water partition coefficient (Wildman–Crippen LogP) is 4.07. The molecule has 0 atom stereocenters. The zero-order valence-electron chi connectivity index (χ0n) is 16.2. The third kappa shape index (κ3) is 3.55. The van der Waals surface area contributed by atoms with Crippen LogP contribution in [0.25, 0.3) is 16.9 Å². The quantitative estimate of drug-likeness (QED) is 0.496. The first-order valence-corrected chi connectivity index (χ1v) is 10.1. The molecule has 0 spiro atoms. The Labute approximate surface area is 181 Å². The lowest BCUT2D eigenvalue weighted by Crippen LogP contribution is -2.42. The molecule has 0 radical (unpaired) electrons. The van der Waals surface area contributed by atoms with Crippen molar-refractivity contribution in [2.45, 2.75) is 13.0 Å². The van der Waals surface area contributed by atoms with E-state index in [4.69, 9.17) is 11.6 Å². The summed E-state index contributed by atoms with van der Waals surface area (Å²) in [6.07, 6.45) is 0.449. The third-order valence-electron chi connectivity index (χ3n) is 5.29. The average Bonchev–Trinajstić information content (AvgIpc) is 3.18. The van der Waals surface area contributed by atoms with Crippen molar-refractivity contribution in [1.82, 2.24) is 19.5 Å². The number of rotatable bonds is 2. The van der Waals surface area contributed by atoms with Crippen molar-refractivity contribution in [1.29, 1.82) is 0 Å². The number of carbonyl (C=O) groups is 1. The van der Waals surface area contributed by atoms with E-state index in [9.17, 15) is 14.0 Å². The second kappa shape index (κ2) is 7.55. The molecule has 7 nitrogen and oxygen atoms in total. The van der Waals surface area contributed by atoms with Crippen molar-refractivity contribution in [3.63, 3.8) is 0 Å². The van der Waals surface area contributed by atoms with E-state index in [0.29, 0.717) is 46.3 Å². The number of aromatic nitrogens is 3. The van der Waals surface area contributed by atoms with Gasteiger partial charge in [-0.15, -0.1) is 0 Å². The second-order valence-corrected chi connectivity index (χ2v) is 7.70. The molecule has 9 heteroatoms. The molecule has 0 saturated heterocycles. The summed E-state index contributed by atoms with van der Waals surface area (Å²) in [5.41, 5.74) is 3.16. The lowest BCUT2D eigenvalue weighted by Gasteiger charge is -2.27. The van der Waals surface area contributed by atoms with E-state index in [0.717, 1.165) is 5.56 Å². The summed E-state index contributed by atoms with van der Waals surface area (Å²) in [4.78, 5) is 31.9. The fourth-order valence-corrected chi connectivity index (χ4v) is 3.98. The Morgan fingerprint density at radius 1 is 1.16 bits per heavy atom. The summed E-state index contributed by atoms with van der Waals surface area (Å²) in [6, 6.07) is 14.4. The van der Waals surface area contributed by atoms with Crippen molar-refractivity contribution in [3.8, 4) is 11.3 Å². The molecule has 1 aliphatic heterocycles. The lowest BCUT2D eigenvalue weighted by atomic mass is 10.1. The van der Waals surface area contributed by atoms with Crippen LogP contribution in [-0.4, -0.2) is 32.1 Å². The van der Waals surface area contributed by atoms with Crippen LogP contribution in [0.4, 0.5) is 14.9 Å². The number of aromatic amines is 1. The van der Waals surface area contributed by atoms with Gasteiger partial charge in [-0.05, 0) is 24.3 Å². The molecule has 0 saturated carbocycles. The van der Waals surface area contributed by atoms with Crippen LogP contribution in [-0.2, 0) is 13.0 Å². The van der Waals surface area contributed by atoms with Crippen LogP contribution in [0.15, 0.2) is 59.4 Å². The number of carbonyl (C=O) groups excluding carboxylic acids is 1. The van der Waals surface area contributed by atoms with E-state index in [1.54, 1.807) is 18.2 Å². The van der Waals surface area contributed by atoms with Gasteiger partial charge in [0.25, 0.3) is 5.56 Å². The largest absolute Gasteiger partial charge is 0.322 e. The van der Waals surface area contributed by atoms with Crippen molar-refractivity contribution in [2.24, 2.45) is 0 Å². The number of H-pyrrole nitrogens is 1. The summed E-state index contributed by atoms with van der Waals surface area (Å²) in [6.45, 7) is 0.518. The molecule has 2 aromatic heterocycles. The van der Waals surface area contributed by atoms with Crippen LogP contribution in [0.2, 0.25) is 5.02 Å². The van der Waals surface area contributed by atoms with Crippen LogP contribution >= 0.6 is 11.6 Å². The Balaban J connectivity index is 1.46. The number of hydrogen-bond donors (Lipinski definition) is 2. The van der Waals surface area contributed by atoms with E-state index < -0.39 is 11.8 Å². The summed E-state index contributed by atoms with van der Waals surface area (Å²) in [7, 11) is 0. The topological polar surface area (TPSA) is 82.5 Å². The highest BCUT2D eigenvalue weighted by atomic mass is 35.5. The number of nitrogens with zero attached hydrogens (tertiary/aromatic N) is 3. The molecular formula is C22H17ClFN5O2. The average molecular weight is 438 g/mol. The van der Waals surface area contributed by atoms with E-state index in [1.807, 2.05) is 18.2 Å². The number of anilines is 1. The predicted molar refractivity (Wildman–Crippen MR) is 116 cm³/mol. The molecule has 31 heavy (non-hydrogen) atoms. The molecule has 0 fully saturated rings. The van der Waals surface area contributed by atoms with E-state index in [-0.39, 0.29) is 12.1 Å². The Kier molecular flexibility index (Phi) is 4.71. The Morgan fingerprint density at radius 3 is 2.81 bits per heavy atom. The minimum atomic E-state index is -0.437. The van der Waals surface area contributed by atoms with Gasteiger partial charge < -0.3 is 10.2 Å². The number of fused-ring (bicyclic) bond motifs is 2. The lowest BCUT2D eigenvalue weighted by molar-refractivity contribution is 0.205. The van der Waals surface area contributed by atoms with Crippen molar-refractivity contribution in [2.75, 3.05) is 11.9 Å². The third-order valence-corrected chi connectivity index (χ3v) is 5.62. The van der Waals surface area contributed by atoms with E-state index in [1.165, 1.54) is 27.6 Å². The molecule has 2 N–H and O–H groups in total. The Hall–Kier alpha value is -3.65. The number of amides is 2. The van der Waals surface area contributed by atoms with Gasteiger partial charge in [0.1, 0.15) is 5.82 Å². The zero-order chi connectivity index (χ0) is 21.5. The maximum absolute atomic E-state index is 13.4. The highest BCUT2D eigenvalue weighted by Gasteiger charge is 2.26. The second-order valence-electron chi connectivity index (χ2n) is 7.30. The van der Waals surface area contributed by atoms with E-state index >= 15 is 0 Å². The van der Waals surface area contributed by atoms with Gasteiger partial charge in [0, 0.05) is 35.3 Å².